The van der Waals surface area contributed by atoms with Gasteiger partial charge in [-0.25, -0.2) is 4.79 Å². The smallest absolute Gasteiger partial charge is 0.338 e. The molecule has 0 fully saturated rings. The number of nitro benzene ring substituents is 1. The second kappa shape index (κ2) is 8.90. The molecule has 0 atom stereocenters. The maximum atomic E-state index is 12.4. The van der Waals surface area contributed by atoms with Crippen molar-refractivity contribution >= 4 is 23.5 Å². The molecule has 0 aromatic heterocycles. The van der Waals surface area contributed by atoms with Crippen LogP contribution in [0.5, 0.6) is 11.5 Å². The largest absolute Gasteiger partial charge is 0.486 e. The standard InChI is InChI=1S/C19H17N3O8/c1-2-28-19(25)13-7-12(8-14(9-13)22(26)27)18(24)21-20-17(23)11-3-4-15-16(10-11)30-6-5-29-15/h3-4,7-10H,2,5-6H2,1H3,(H,20,23)(H,21,24). The molecule has 11 heteroatoms. The number of ether oxygens (including phenoxy) is 3. The van der Waals surface area contributed by atoms with Crippen LogP contribution in [0.4, 0.5) is 5.69 Å². The first-order valence-corrected chi connectivity index (χ1v) is 8.86. The Morgan fingerprint density at radius 3 is 2.27 bits per heavy atom. The summed E-state index contributed by atoms with van der Waals surface area (Å²) in [5, 5.41) is 11.1. The first-order valence-electron chi connectivity index (χ1n) is 8.86. The number of esters is 1. The van der Waals surface area contributed by atoms with Crippen molar-refractivity contribution in [3.8, 4) is 11.5 Å². The minimum atomic E-state index is -0.852. The van der Waals surface area contributed by atoms with Crippen molar-refractivity contribution in [2.75, 3.05) is 19.8 Å². The topological polar surface area (TPSA) is 146 Å². The van der Waals surface area contributed by atoms with Gasteiger partial charge >= 0.3 is 5.97 Å². The van der Waals surface area contributed by atoms with Gasteiger partial charge in [-0.2, -0.15) is 0 Å². The molecule has 0 aliphatic carbocycles. The van der Waals surface area contributed by atoms with Crippen LogP contribution >= 0.6 is 0 Å². The molecule has 2 aromatic rings. The zero-order valence-electron chi connectivity index (χ0n) is 15.8. The highest BCUT2D eigenvalue weighted by Crippen LogP contribution is 2.30. The Morgan fingerprint density at radius 2 is 1.60 bits per heavy atom. The number of hydrogen-bond acceptors (Lipinski definition) is 8. The SMILES string of the molecule is CCOC(=O)c1cc(C(=O)NNC(=O)c2ccc3c(c2)OCCO3)cc([N+](=O)[O-])c1. The number of hydrazine groups is 1. The molecule has 11 nitrogen and oxygen atoms in total. The van der Waals surface area contributed by atoms with E-state index in [0.717, 1.165) is 18.2 Å². The lowest BCUT2D eigenvalue weighted by atomic mass is 10.1. The van der Waals surface area contributed by atoms with E-state index >= 15 is 0 Å². The average molecular weight is 415 g/mol. The van der Waals surface area contributed by atoms with Gasteiger partial charge in [0.1, 0.15) is 13.2 Å². The van der Waals surface area contributed by atoms with Gasteiger partial charge in [0.05, 0.1) is 17.1 Å². The molecular weight excluding hydrogens is 398 g/mol. The molecule has 30 heavy (non-hydrogen) atoms. The second-order valence-corrected chi connectivity index (χ2v) is 6.01. The van der Waals surface area contributed by atoms with E-state index in [1.807, 2.05) is 0 Å². The van der Waals surface area contributed by atoms with Crippen molar-refractivity contribution in [3.63, 3.8) is 0 Å². The number of carbonyl (C=O) groups excluding carboxylic acids is 3. The average Bonchev–Trinajstić information content (AvgIpc) is 2.76. The van der Waals surface area contributed by atoms with E-state index < -0.39 is 28.4 Å². The van der Waals surface area contributed by atoms with Crippen molar-refractivity contribution in [2.45, 2.75) is 6.92 Å². The number of rotatable bonds is 5. The summed E-state index contributed by atoms with van der Waals surface area (Å²) in [6.07, 6.45) is 0. The molecule has 3 rings (SSSR count). The number of benzene rings is 2. The quantitative estimate of drug-likeness (QED) is 0.425. The molecule has 2 N–H and O–H groups in total. The predicted octanol–water partition coefficient (Wildman–Crippen LogP) is 1.62. The summed E-state index contributed by atoms with van der Waals surface area (Å²) in [5.41, 5.74) is 3.74. The fourth-order valence-electron chi connectivity index (χ4n) is 2.62. The van der Waals surface area contributed by atoms with Crippen molar-refractivity contribution in [2.24, 2.45) is 0 Å². The van der Waals surface area contributed by atoms with E-state index in [1.54, 1.807) is 13.0 Å². The van der Waals surface area contributed by atoms with Crippen LogP contribution in [0.1, 0.15) is 38.0 Å². The highest BCUT2D eigenvalue weighted by atomic mass is 16.6. The van der Waals surface area contributed by atoms with Gasteiger partial charge in [0.25, 0.3) is 17.5 Å². The highest BCUT2D eigenvalue weighted by molar-refractivity contribution is 6.01. The maximum absolute atomic E-state index is 12.4. The number of hydrogen-bond donors (Lipinski definition) is 2. The third-order valence-electron chi connectivity index (χ3n) is 4.00. The number of nitrogens with zero attached hydrogens (tertiary/aromatic N) is 1. The van der Waals surface area contributed by atoms with Gasteiger partial charge in [-0.15, -0.1) is 0 Å². The molecule has 0 unspecified atom stereocenters. The van der Waals surface area contributed by atoms with Crippen molar-refractivity contribution in [1.82, 2.24) is 10.9 Å². The van der Waals surface area contributed by atoms with E-state index in [9.17, 15) is 24.5 Å². The van der Waals surface area contributed by atoms with Crippen LogP contribution in [0.15, 0.2) is 36.4 Å². The van der Waals surface area contributed by atoms with Crippen LogP contribution < -0.4 is 20.3 Å². The predicted molar refractivity (Wildman–Crippen MR) is 101 cm³/mol. The van der Waals surface area contributed by atoms with Gasteiger partial charge < -0.3 is 14.2 Å². The monoisotopic (exact) mass is 415 g/mol. The van der Waals surface area contributed by atoms with Gasteiger partial charge in [-0.05, 0) is 31.2 Å². The number of nitrogens with one attached hydrogen (secondary N) is 2. The number of fused-ring (bicyclic) bond motifs is 1. The molecule has 1 aliphatic rings. The zero-order chi connectivity index (χ0) is 21.7. The normalized spacial score (nSPS) is 11.9. The Hall–Kier alpha value is -4.15. The fraction of sp³-hybridized carbons (Fsp3) is 0.211. The maximum Gasteiger partial charge on any atom is 0.338 e. The number of nitro groups is 1. The minimum absolute atomic E-state index is 0.0641. The Kier molecular flexibility index (Phi) is 6.11. The summed E-state index contributed by atoms with van der Waals surface area (Å²) >= 11 is 0. The highest BCUT2D eigenvalue weighted by Gasteiger charge is 2.20. The lowest BCUT2D eigenvalue weighted by molar-refractivity contribution is -0.384. The van der Waals surface area contributed by atoms with Crippen molar-refractivity contribution in [1.29, 1.82) is 0 Å². The van der Waals surface area contributed by atoms with E-state index in [-0.39, 0.29) is 23.3 Å². The van der Waals surface area contributed by atoms with E-state index in [4.69, 9.17) is 14.2 Å². The molecule has 0 saturated heterocycles. The summed E-state index contributed by atoms with van der Waals surface area (Å²) < 4.78 is 15.6. The summed E-state index contributed by atoms with van der Waals surface area (Å²) in [6.45, 7) is 2.40. The van der Waals surface area contributed by atoms with E-state index in [2.05, 4.69) is 10.9 Å². The van der Waals surface area contributed by atoms with Crippen molar-refractivity contribution < 1.29 is 33.5 Å². The molecule has 2 aromatic carbocycles. The number of non-ortho nitro benzene ring substituents is 1. The Bertz CT molecular complexity index is 1020. The lowest BCUT2D eigenvalue weighted by Crippen LogP contribution is -2.41. The van der Waals surface area contributed by atoms with Gasteiger partial charge in [0.15, 0.2) is 11.5 Å². The molecule has 0 spiro atoms. The molecule has 2 amide bonds. The fourth-order valence-corrected chi connectivity index (χ4v) is 2.62. The van der Waals surface area contributed by atoms with Crippen LogP contribution in [0.3, 0.4) is 0 Å². The first kappa shape index (κ1) is 20.6. The van der Waals surface area contributed by atoms with Gasteiger partial charge in [-0.3, -0.25) is 30.6 Å². The van der Waals surface area contributed by atoms with Crippen LogP contribution in [-0.4, -0.2) is 42.5 Å². The Morgan fingerprint density at radius 1 is 0.967 bits per heavy atom. The minimum Gasteiger partial charge on any atom is -0.486 e. The van der Waals surface area contributed by atoms with Gasteiger partial charge in [-0.1, -0.05) is 0 Å². The molecule has 0 saturated carbocycles. The van der Waals surface area contributed by atoms with Crippen LogP contribution in [0.2, 0.25) is 0 Å². The molecule has 156 valence electrons. The summed E-state index contributed by atoms with van der Waals surface area (Å²) in [6, 6.07) is 7.63. The third-order valence-corrected chi connectivity index (χ3v) is 4.00. The van der Waals surface area contributed by atoms with Crippen LogP contribution in [0.25, 0.3) is 0 Å². The molecule has 1 heterocycles. The third kappa shape index (κ3) is 4.63. The molecular formula is C19H17N3O8. The molecule has 1 aliphatic heterocycles. The number of carbonyl (C=O) groups is 3. The molecule has 0 bridgehead atoms. The van der Waals surface area contributed by atoms with Crippen LogP contribution in [-0.2, 0) is 4.74 Å². The van der Waals surface area contributed by atoms with Gasteiger partial charge in [0.2, 0.25) is 0 Å². The number of amides is 2. The lowest BCUT2D eigenvalue weighted by Gasteiger charge is -2.18. The van der Waals surface area contributed by atoms with E-state index in [1.165, 1.54) is 12.1 Å². The molecule has 0 radical (unpaired) electrons. The summed E-state index contributed by atoms with van der Waals surface area (Å²) in [4.78, 5) is 46.9. The second-order valence-electron chi connectivity index (χ2n) is 6.01. The summed E-state index contributed by atoms with van der Waals surface area (Å²) in [7, 11) is 0. The Balaban J connectivity index is 1.73. The zero-order valence-corrected chi connectivity index (χ0v) is 15.8. The van der Waals surface area contributed by atoms with E-state index in [0.29, 0.717) is 24.7 Å². The summed E-state index contributed by atoms with van der Waals surface area (Å²) in [5.74, 6) is -1.40. The van der Waals surface area contributed by atoms with Gasteiger partial charge in [0, 0.05) is 23.3 Å². The Labute approximate surface area is 170 Å². The first-order chi connectivity index (χ1) is 14.4. The van der Waals surface area contributed by atoms with Crippen molar-refractivity contribution in [3.05, 3.63) is 63.2 Å². The van der Waals surface area contributed by atoms with Crippen LogP contribution in [0, 0.1) is 10.1 Å².